The molecule has 0 aromatic carbocycles. The molecule has 0 heterocycles. The van der Waals surface area contributed by atoms with Crippen LogP contribution in [0.15, 0.2) is 0 Å². The fourth-order valence-electron chi connectivity index (χ4n) is 2.01. The molecule has 4 heteroatoms. The summed E-state index contributed by atoms with van der Waals surface area (Å²) in [5, 5.41) is 3.26. The second kappa shape index (κ2) is 16.0. The zero-order valence-electron chi connectivity index (χ0n) is 11.7. The fraction of sp³-hybridized carbons (Fsp3) is 0.929. The van der Waals surface area contributed by atoms with Crippen LogP contribution in [0.5, 0.6) is 0 Å². The predicted octanol–water partition coefficient (Wildman–Crippen LogP) is 5.37. The van der Waals surface area contributed by atoms with Crippen LogP contribution in [0.25, 0.3) is 0 Å². The van der Waals surface area contributed by atoms with Crippen LogP contribution >= 0.6 is 21.7 Å². The Morgan fingerprint density at radius 3 is 1.78 bits per heavy atom. The number of thiocarbonyl (C=S) groups is 1. The summed E-state index contributed by atoms with van der Waals surface area (Å²) in [6.45, 7) is 3.33. The van der Waals surface area contributed by atoms with E-state index < -0.39 is 0 Å². The van der Waals surface area contributed by atoms with Crippen molar-refractivity contribution in [3.63, 3.8) is 0 Å². The van der Waals surface area contributed by atoms with Crippen LogP contribution in [0.2, 0.25) is 0 Å². The van der Waals surface area contributed by atoms with Gasteiger partial charge in [0.15, 0.2) is 0 Å². The molecule has 0 saturated carbocycles. The Kier molecular flexibility index (Phi) is 16.8. The molecule has 0 unspecified atom stereocenters. The summed E-state index contributed by atoms with van der Waals surface area (Å²) in [5.74, 6) is 0. The SMILES string of the molecule is CCCCCCCCCCCCCNC(=S)[S][Mo]. The van der Waals surface area contributed by atoms with Gasteiger partial charge in [-0.05, 0) is 0 Å². The summed E-state index contributed by atoms with van der Waals surface area (Å²) < 4.78 is 0.937. The molecule has 0 saturated heterocycles. The van der Waals surface area contributed by atoms with Gasteiger partial charge < -0.3 is 0 Å². The molecule has 0 aliphatic rings. The average molecular weight is 370 g/mol. The molecule has 0 amide bonds. The van der Waals surface area contributed by atoms with Gasteiger partial charge in [-0.25, -0.2) is 0 Å². The van der Waals surface area contributed by atoms with Crippen molar-refractivity contribution in [2.75, 3.05) is 6.54 Å². The van der Waals surface area contributed by atoms with Crippen molar-refractivity contribution in [1.29, 1.82) is 0 Å². The Labute approximate surface area is 133 Å². The molecule has 18 heavy (non-hydrogen) atoms. The van der Waals surface area contributed by atoms with E-state index in [1.807, 2.05) is 18.5 Å². The monoisotopic (exact) mass is 372 g/mol. The Morgan fingerprint density at radius 1 is 0.889 bits per heavy atom. The third-order valence-corrected chi connectivity index (χ3v) is 5.89. The van der Waals surface area contributed by atoms with E-state index >= 15 is 0 Å². The molecule has 0 spiro atoms. The predicted molar refractivity (Wildman–Crippen MR) is 84.7 cm³/mol. The number of rotatable bonds is 12. The van der Waals surface area contributed by atoms with Crippen molar-refractivity contribution >= 4 is 26.0 Å². The van der Waals surface area contributed by atoms with E-state index in [1.54, 1.807) is 9.47 Å². The van der Waals surface area contributed by atoms with Crippen LogP contribution in [0.1, 0.15) is 77.6 Å². The van der Waals surface area contributed by atoms with Gasteiger partial charge in [-0.3, -0.25) is 0 Å². The number of unbranched alkanes of at least 4 members (excludes halogenated alkanes) is 10. The fourth-order valence-corrected chi connectivity index (χ4v) is 2.71. The Balaban J connectivity index is 2.97. The van der Waals surface area contributed by atoms with Gasteiger partial charge in [0.05, 0.1) is 0 Å². The molecule has 0 aliphatic heterocycles. The molecule has 1 N–H and O–H groups in total. The zero-order chi connectivity index (χ0) is 13.5. The maximum absolute atomic E-state index is 5.09. The van der Waals surface area contributed by atoms with Gasteiger partial charge in [0.2, 0.25) is 0 Å². The van der Waals surface area contributed by atoms with Gasteiger partial charge in [0.25, 0.3) is 0 Å². The van der Waals surface area contributed by atoms with E-state index in [4.69, 9.17) is 12.2 Å². The van der Waals surface area contributed by atoms with Gasteiger partial charge in [0.1, 0.15) is 0 Å². The summed E-state index contributed by atoms with van der Waals surface area (Å²) in [7, 11) is 1.64. The number of hydrogen-bond donors (Lipinski definition) is 1. The van der Waals surface area contributed by atoms with Crippen molar-refractivity contribution in [1.82, 2.24) is 5.32 Å². The van der Waals surface area contributed by atoms with Crippen molar-refractivity contribution in [3.05, 3.63) is 0 Å². The first-order valence-electron chi connectivity index (χ1n) is 7.39. The van der Waals surface area contributed by atoms with Crippen molar-refractivity contribution in [2.24, 2.45) is 0 Å². The molecule has 0 aliphatic carbocycles. The van der Waals surface area contributed by atoms with Crippen LogP contribution in [0.3, 0.4) is 0 Å². The van der Waals surface area contributed by atoms with E-state index in [2.05, 4.69) is 12.2 Å². The molecule has 0 aromatic heterocycles. The summed E-state index contributed by atoms with van der Waals surface area (Å²) in [6.07, 6.45) is 15.4. The van der Waals surface area contributed by atoms with Crippen molar-refractivity contribution in [2.45, 2.75) is 77.6 Å². The first-order valence-corrected chi connectivity index (χ1v) is 11.0. The van der Waals surface area contributed by atoms with Gasteiger partial charge >= 0.3 is 108 Å². The number of nitrogens with one attached hydrogen (secondary N) is 1. The Bertz CT molecular complexity index is 189. The molecule has 1 nitrogen and oxygen atoms in total. The zero-order valence-corrected chi connectivity index (χ0v) is 15.4. The Hall–Kier alpha value is 0.928. The third kappa shape index (κ3) is 15.0. The molecule has 0 aromatic rings. The summed E-state index contributed by atoms with van der Waals surface area (Å²) in [5.41, 5.74) is 0. The van der Waals surface area contributed by atoms with Gasteiger partial charge in [-0.15, -0.1) is 0 Å². The Morgan fingerprint density at radius 2 is 1.33 bits per heavy atom. The van der Waals surface area contributed by atoms with Gasteiger partial charge in [0, 0.05) is 0 Å². The van der Waals surface area contributed by atoms with Gasteiger partial charge in [-0.1, -0.05) is 26.2 Å². The van der Waals surface area contributed by atoms with E-state index in [9.17, 15) is 0 Å². The molecule has 0 rings (SSSR count). The summed E-state index contributed by atoms with van der Waals surface area (Å²) in [6, 6.07) is 0. The second-order valence-electron chi connectivity index (χ2n) is 4.83. The third-order valence-electron chi connectivity index (χ3n) is 3.13. The minimum atomic E-state index is 0.937. The average Bonchev–Trinajstić information content (AvgIpc) is 2.39. The summed E-state index contributed by atoms with van der Waals surface area (Å²) >= 11 is 7.05. The normalized spacial score (nSPS) is 10.5. The molecule has 0 atom stereocenters. The first kappa shape index (κ1) is 18.9. The van der Waals surface area contributed by atoms with Crippen LogP contribution in [0, 0.1) is 0 Å². The second-order valence-corrected chi connectivity index (χ2v) is 7.30. The minimum absolute atomic E-state index is 0.937. The van der Waals surface area contributed by atoms with Crippen LogP contribution < -0.4 is 5.32 Å². The molecular formula is C14H28MoNS2. The van der Waals surface area contributed by atoms with Gasteiger partial charge in [-0.2, -0.15) is 0 Å². The molecule has 0 bridgehead atoms. The van der Waals surface area contributed by atoms with E-state index in [0.29, 0.717) is 0 Å². The maximum atomic E-state index is 5.09. The van der Waals surface area contributed by atoms with E-state index in [0.717, 1.165) is 10.9 Å². The van der Waals surface area contributed by atoms with E-state index in [-0.39, 0.29) is 0 Å². The quantitative estimate of drug-likeness (QED) is 0.282. The van der Waals surface area contributed by atoms with Crippen LogP contribution in [0.4, 0.5) is 0 Å². The molecule has 107 valence electrons. The van der Waals surface area contributed by atoms with Crippen molar-refractivity contribution < 1.29 is 18.5 Å². The van der Waals surface area contributed by atoms with E-state index in [1.165, 1.54) is 70.6 Å². The molecule has 0 radical (unpaired) electrons. The first-order chi connectivity index (χ1) is 8.81. The molecular weight excluding hydrogens is 342 g/mol. The standard InChI is InChI=1S/C14H29NS2.Mo/c1-2-3-4-5-6-7-8-9-10-11-12-13-15-14(16)17;/h2-13H2,1H3,(H2,15,16,17);/q;+1/p-1. The van der Waals surface area contributed by atoms with Crippen LogP contribution in [-0.4, -0.2) is 10.9 Å². The van der Waals surface area contributed by atoms with Crippen molar-refractivity contribution in [3.8, 4) is 0 Å². The molecule has 0 fully saturated rings. The topological polar surface area (TPSA) is 12.0 Å². The van der Waals surface area contributed by atoms with Crippen LogP contribution in [-0.2, 0) is 18.5 Å². The summed E-state index contributed by atoms with van der Waals surface area (Å²) in [4.78, 5) is 0. The number of hydrogen-bond acceptors (Lipinski definition) is 2.